The van der Waals surface area contributed by atoms with Gasteiger partial charge in [0.2, 0.25) is 10.0 Å². The first-order valence-electron chi connectivity index (χ1n) is 7.50. The van der Waals surface area contributed by atoms with Crippen LogP contribution in [0.25, 0.3) is 0 Å². The number of pyridine rings is 1. The summed E-state index contributed by atoms with van der Waals surface area (Å²) < 4.78 is 24.2. The lowest BCUT2D eigenvalue weighted by atomic mass is 9.96. The number of aliphatic hydroxyl groups is 1. The molecule has 1 fully saturated rings. The van der Waals surface area contributed by atoms with Crippen LogP contribution in [0.4, 0.5) is 0 Å². The predicted molar refractivity (Wildman–Crippen MR) is 94.7 cm³/mol. The number of hydrogen-bond donors (Lipinski definition) is 3. The van der Waals surface area contributed by atoms with E-state index in [0.717, 1.165) is 30.6 Å². The zero-order valence-electron chi connectivity index (χ0n) is 13.5. The van der Waals surface area contributed by atoms with Crippen LogP contribution in [0, 0.1) is 12.8 Å². The Kier molecular flexibility index (Phi) is 10.2. The van der Waals surface area contributed by atoms with Gasteiger partial charge in [0.15, 0.2) is 0 Å². The van der Waals surface area contributed by atoms with Gasteiger partial charge >= 0.3 is 0 Å². The Morgan fingerprint density at radius 3 is 2.52 bits per heavy atom. The number of nitrogens with one attached hydrogen (secondary N) is 2. The van der Waals surface area contributed by atoms with Gasteiger partial charge in [0.1, 0.15) is 0 Å². The Hall–Kier alpha value is -1.02. The van der Waals surface area contributed by atoms with E-state index in [1.54, 1.807) is 6.20 Å². The van der Waals surface area contributed by atoms with E-state index in [9.17, 15) is 8.42 Å². The molecular formula is C16H31N3O3S. The Labute approximate surface area is 140 Å². The quantitative estimate of drug-likeness (QED) is 0.768. The molecule has 3 N–H and O–H groups in total. The zero-order valence-corrected chi connectivity index (χ0v) is 14.4. The van der Waals surface area contributed by atoms with Gasteiger partial charge in [0, 0.05) is 24.5 Å². The molecular weight excluding hydrogens is 314 g/mol. The van der Waals surface area contributed by atoms with Crippen molar-refractivity contribution < 1.29 is 13.5 Å². The van der Waals surface area contributed by atoms with Crippen LogP contribution >= 0.6 is 0 Å². The summed E-state index contributed by atoms with van der Waals surface area (Å²) in [4.78, 5) is 3.99. The largest absolute Gasteiger partial charge is 0.392 e. The molecule has 1 aromatic rings. The van der Waals surface area contributed by atoms with Crippen LogP contribution in [0.1, 0.15) is 38.4 Å². The second kappa shape index (κ2) is 10.7. The van der Waals surface area contributed by atoms with Gasteiger partial charge in [-0.15, -0.1) is 0 Å². The van der Waals surface area contributed by atoms with E-state index in [-0.39, 0.29) is 14.0 Å². The smallest absolute Gasteiger partial charge is 0.208 e. The summed E-state index contributed by atoms with van der Waals surface area (Å²) in [6.45, 7) is 5.64. The van der Waals surface area contributed by atoms with Crippen molar-refractivity contribution in [1.29, 1.82) is 0 Å². The van der Waals surface area contributed by atoms with Crippen molar-refractivity contribution in [1.82, 2.24) is 15.0 Å². The van der Waals surface area contributed by atoms with Gasteiger partial charge < -0.3 is 10.4 Å². The van der Waals surface area contributed by atoms with E-state index < -0.39 is 10.0 Å². The highest BCUT2D eigenvalue weighted by Crippen LogP contribution is 2.12. The monoisotopic (exact) mass is 345 g/mol. The Bertz CT molecular complexity index is 524. The van der Waals surface area contributed by atoms with Crippen LogP contribution in [-0.4, -0.2) is 43.9 Å². The Balaban J connectivity index is 0.000000427. The molecule has 1 aliphatic rings. The molecule has 2 unspecified atom stereocenters. The number of aromatic nitrogens is 1. The molecule has 7 heteroatoms. The maximum absolute atomic E-state index is 10.8. The minimum absolute atomic E-state index is 0. The van der Waals surface area contributed by atoms with Crippen molar-refractivity contribution in [2.75, 3.05) is 19.3 Å². The van der Waals surface area contributed by atoms with Crippen LogP contribution in [-0.2, 0) is 16.6 Å². The highest BCUT2D eigenvalue weighted by Gasteiger charge is 2.18. The number of nitrogens with zero attached hydrogens (tertiary/aromatic N) is 1. The Morgan fingerprint density at radius 2 is 2.09 bits per heavy atom. The molecule has 1 aromatic heterocycles. The second-order valence-electron chi connectivity index (χ2n) is 5.84. The van der Waals surface area contributed by atoms with Gasteiger partial charge in [-0.3, -0.25) is 4.98 Å². The summed E-state index contributed by atoms with van der Waals surface area (Å²) in [5.74, 6) is 0.450. The summed E-state index contributed by atoms with van der Waals surface area (Å²) in [6.07, 6.45) is 5.12. The van der Waals surface area contributed by atoms with Crippen LogP contribution in [0.3, 0.4) is 0 Å². The van der Waals surface area contributed by atoms with Gasteiger partial charge in [-0.1, -0.05) is 13.5 Å². The summed E-state index contributed by atoms with van der Waals surface area (Å²) in [5, 5.41) is 11.9. The second-order valence-corrected chi connectivity index (χ2v) is 7.67. The van der Waals surface area contributed by atoms with Crippen LogP contribution in [0.2, 0.25) is 0 Å². The van der Waals surface area contributed by atoms with Crippen LogP contribution in [0.15, 0.2) is 18.3 Å². The summed E-state index contributed by atoms with van der Waals surface area (Å²) in [6, 6.07) is 4.32. The van der Waals surface area contributed by atoms with Crippen LogP contribution < -0.4 is 10.0 Å². The first-order valence-corrected chi connectivity index (χ1v) is 9.39. The molecule has 2 heterocycles. The third-order valence-corrected chi connectivity index (χ3v) is 4.24. The maximum atomic E-state index is 10.8. The molecule has 1 aliphatic heterocycles. The average Bonchev–Trinajstić information content (AvgIpc) is 2.47. The van der Waals surface area contributed by atoms with E-state index in [1.807, 2.05) is 19.1 Å². The lowest BCUT2D eigenvalue weighted by Gasteiger charge is -2.27. The van der Waals surface area contributed by atoms with Gasteiger partial charge in [0.05, 0.1) is 12.9 Å². The fourth-order valence-electron chi connectivity index (χ4n) is 2.09. The van der Waals surface area contributed by atoms with Gasteiger partial charge in [-0.25, -0.2) is 13.1 Å². The molecule has 0 radical (unpaired) electrons. The molecule has 0 aliphatic carbocycles. The maximum Gasteiger partial charge on any atom is 0.208 e. The zero-order chi connectivity index (χ0) is 16.6. The van der Waals surface area contributed by atoms with Gasteiger partial charge in [0.25, 0.3) is 0 Å². The third kappa shape index (κ3) is 10.4. The highest BCUT2D eigenvalue weighted by atomic mass is 32.2. The van der Waals surface area contributed by atoms with E-state index in [2.05, 4.69) is 21.9 Å². The van der Waals surface area contributed by atoms with Gasteiger partial charge in [-0.2, -0.15) is 0 Å². The number of aliphatic hydroxyl groups excluding tert-OH is 1. The van der Waals surface area contributed by atoms with E-state index in [1.165, 1.54) is 6.26 Å². The van der Waals surface area contributed by atoms with E-state index >= 15 is 0 Å². The van der Waals surface area contributed by atoms with Gasteiger partial charge in [-0.05, 0) is 50.8 Å². The van der Waals surface area contributed by atoms with Crippen LogP contribution in [0.5, 0.6) is 0 Å². The molecule has 6 nitrogen and oxygen atoms in total. The summed E-state index contributed by atoms with van der Waals surface area (Å²) >= 11 is 0. The number of sulfonamides is 1. The first-order chi connectivity index (χ1) is 10.3. The minimum atomic E-state index is -3.01. The molecule has 0 aromatic carbocycles. The fraction of sp³-hybridized carbons (Fsp3) is 0.688. The van der Waals surface area contributed by atoms with Crippen molar-refractivity contribution in [2.24, 2.45) is 5.92 Å². The SMILES string of the molecule is C.CC1CCC(CNS(C)(=O)=O)CN1.Cc1ccc(CO)cn1. The standard InChI is InChI=1S/C8H18N2O2S.C7H9NO.CH4/c1-7-3-4-8(5-9-7)6-10-13(2,11)12;1-6-2-3-7(5-9)4-8-6;/h7-10H,3-6H2,1-2H3;2-4,9H,5H2,1H3;1H4. The van der Waals surface area contributed by atoms with Crippen molar-refractivity contribution in [3.63, 3.8) is 0 Å². The molecule has 0 saturated carbocycles. The normalized spacial score (nSPS) is 20.9. The number of aryl methyl sites for hydroxylation is 1. The first kappa shape index (κ1) is 22.0. The molecule has 23 heavy (non-hydrogen) atoms. The molecule has 1 saturated heterocycles. The fourth-order valence-corrected chi connectivity index (χ4v) is 2.63. The lowest BCUT2D eigenvalue weighted by Crippen LogP contribution is -2.41. The minimum Gasteiger partial charge on any atom is -0.392 e. The van der Waals surface area contributed by atoms with E-state index in [4.69, 9.17) is 5.11 Å². The Morgan fingerprint density at radius 1 is 1.39 bits per heavy atom. The molecule has 134 valence electrons. The molecule has 0 bridgehead atoms. The van der Waals surface area contributed by atoms with Crippen molar-refractivity contribution in [3.8, 4) is 0 Å². The number of rotatable bonds is 4. The number of hydrogen-bond acceptors (Lipinski definition) is 5. The molecule has 0 spiro atoms. The van der Waals surface area contributed by atoms with Crippen molar-refractivity contribution in [2.45, 2.75) is 46.8 Å². The molecule has 0 amide bonds. The third-order valence-electron chi connectivity index (χ3n) is 3.55. The summed E-state index contributed by atoms with van der Waals surface area (Å²) in [7, 11) is -3.01. The van der Waals surface area contributed by atoms with E-state index in [0.29, 0.717) is 18.5 Å². The number of piperidine rings is 1. The average molecular weight is 346 g/mol. The topological polar surface area (TPSA) is 91.3 Å². The van der Waals surface area contributed by atoms with Crippen molar-refractivity contribution >= 4 is 10.0 Å². The molecule has 2 atom stereocenters. The predicted octanol–water partition coefficient (Wildman–Crippen LogP) is 1.44. The molecule has 2 rings (SSSR count). The highest BCUT2D eigenvalue weighted by molar-refractivity contribution is 7.88. The summed E-state index contributed by atoms with van der Waals surface area (Å²) in [5.41, 5.74) is 1.84. The lowest BCUT2D eigenvalue weighted by molar-refractivity contribution is 0.281. The van der Waals surface area contributed by atoms with Crippen molar-refractivity contribution in [3.05, 3.63) is 29.6 Å².